The van der Waals surface area contributed by atoms with Gasteiger partial charge in [-0.25, -0.2) is 8.42 Å². The Balaban J connectivity index is 1.51. The molecule has 1 aliphatic rings. The zero-order valence-corrected chi connectivity index (χ0v) is 24.5. The number of methoxy groups -OCH3 is 3. The molecule has 0 spiro atoms. The van der Waals surface area contributed by atoms with Crippen LogP contribution in [0.25, 0.3) is 11.3 Å². The summed E-state index contributed by atoms with van der Waals surface area (Å²) in [7, 11) is 0.826. The molecule has 1 saturated heterocycles. The van der Waals surface area contributed by atoms with E-state index in [1.54, 1.807) is 51.8 Å². The number of hydrogen-bond donors (Lipinski definition) is 2. The van der Waals surface area contributed by atoms with E-state index in [0.29, 0.717) is 47.4 Å². The molecule has 9 nitrogen and oxygen atoms in total. The van der Waals surface area contributed by atoms with E-state index in [2.05, 4.69) is 15.2 Å². The quantitative estimate of drug-likeness (QED) is 0.257. The predicted octanol–water partition coefficient (Wildman–Crippen LogP) is 5.44. The van der Waals surface area contributed by atoms with Gasteiger partial charge in [0.25, 0.3) is 0 Å². The van der Waals surface area contributed by atoms with Crippen molar-refractivity contribution in [1.82, 2.24) is 4.98 Å². The molecule has 1 atom stereocenters. The molecule has 0 bridgehead atoms. The maximum absolute atomic E-state index is 14.0. The van der Waals surface area contributed by atoms with Crippen LogP contribution in [0.1, 0.15) is 16.5 Å². The number of anilines is 2. The number of aromatic nitrogens is 1. The molecule has 1 aliphatic heterocycles. The Bertz CT molecular complexity index is 1550. The molecular weight excluding hydrogens is 542 g/mol. The number of aromatic amines is 1. The van der Waals surface area contributed by atoms with Gasteiger partial charge in [-0.15, -0.1) is 0 Å². The Kier molecular flexibility index (Phi) is 8.41. The summed E-state index contributed by atoms with van der Waals surface area (Å²) in [5.41, 5.74) is 4.77. The Morgan fingerprint density at radius 1 is 0.878 bits per heavy atom. The lowest BCUT2D eigenvalue weighted by Gasteiger charge is -2.29. The van der Waals surface area contributed by atoms with Crippen molar-refractivity contribution in [2.75, 3.05) is 57.8 Å². The van der Waals surface area contributed by atoms with E-state index in [0.717, 1.165) is 29.9 Å². The zero-order chi connectivity index (χ0) is 29.0. The summed E-state index contributed by atoms with van der Waals surface area (Å²) < 4.78 is 50.0. The predicted molar refractivity (Wildman–Crippen MR) is 160 cm³/mol. The van der Waals surface area contributed by atoms with E-state index >= 15 is 0 Å². The number of sulfone groups is 1. The van der Waals surface area contributed by atoms with Crippen molar-refractivity contribution >= 4 is 21.2 Å². The topological polar surface area (TPSA) is 102 Å². The highest BCUT2D eigenvalue weighted by molar-refractivity contribution is 7.91. The Hall–Kier alpha value is -4.15. The van der Waals surface area contributed by atoms with Gasteiger partial charge in [0.2, 0.25) is 15.6 Å². The first-order valence-electron chi connectivity index (χ1n) is 13.3. The van der Waals surface area contributed by atoms with Crippen molar-refractivity contribution in [3.63, 3.8) is 0 Å². The summed E-state index contributed by atoms with van der Waals surface area (Å²) in [6, 6.07) is 20.2. The fourth-order valence-electron chi connectivity index (χ4n) is 4.91. The van der Waals surface area contributed by atoms with Crippen LogP contribution in [0.5, 0.6) is 17.2 Å². The van der Waals surface area contributed by atoms with Gasteiger partial charge in [-0.05, 0) is 61.5 Å². The molecule has 2 N–H and O–H groups in total. The number of benzene rings is 3. The Labute approximate surface area is 240 Å². The molecule has 10 heteroatoms. The maximum Gasteiger partial charge on any atom is 0.203 e. The minimum Gasteiger partial charge on any atom is -0.493 e. The monoisotopic (exact) mass is 577 g/mol. The highest BCUT2D eigenvalue weighted by Crippen LogP contribution is 2.42. The van der Waals surface area contributed by atoms with Crippen molar-refractivity contribution in [3.05, 3.63) is 84.1 Å². The van der Waals surface area contributed by atoms with Crippen LogP contribution in [0.15, 0.2) is 77.8 Å². The SMILES string of the molecule is COc1cc(-c2cc(C(Nc3ccc(N4CCOCC4)cc3)S(=O)(=O)c3ccc(C)cc3)c[nH]2)cc(OC)c1OC. The third-order valence-electron chi connectivity index (χ3n) is 7.18. The molecular formula is C31H35N3O6S. The third kappa shape index (κ3) is 5.98. The number of hydrogen-bond acceptors (Lipinski definition) is 8. The molecule has 0 saturated carbocycles. The Morgan fingerprint density at radius 3 is 2.10 bits per heavy atom. The molecule has 1 unspecified atom stereocenters. The van der Waals surface area contributed by atoms with Crippen molar-refractivity contribution in [2.24, 2.45) is 0 Å². The summed E-state index contributed by atoms with van der Waals surface area (Å²) in [5, 5.41) is 2.24. The molecule has 2 heterocycles. The van der Waals surface area contributed by atoms with E-state index < -0.39 is 15.2 Å². The van der Waals surface area contributed by atoms with Gasteiger partial charge in [0.1, 0.15) is 0 Å². The number of nitrogens with zero attached hydrogens (tertiary/aromatic N) is 1. The van der Waals surface area contributed by atoms with Gasteiger partial charge in [0.05, 0.1) is 39.4 Å². The van der Waals surface area contributed by atoms with Gasteiger partial charge in [0, 0.05) is 47.5 Å². The van der Waals surface area contributed by atoms with Gasteiger partial charge in [-0.1, -0.05) is 17.7 Å². The van der Waals surface area contributed by atoms with Gasteiger partial charge in [-0.3, -0.25) is 0 Å². The fourth-order valence-corrected chi connectivity index (χ4v) is 6.48. The molecule has 1 aromatic heterocycles. The number of aryl methyl sites for hydroxylation is 1. The van der Waals surface area contributed by atoms with Gasteiger partial charge >= 0.3 is 0 Å². The van der Waals surface area contributed by atoms with E-state index in [9.17, 15) is 8.42 Å². The molecule has 216 valence electrons. The standard InChI is InChI=1S/C31H35N3O6S/c1-21-5-11-26(12-6-21)41(35,36)31(33-24-7-9-25(10-8-24)34-13-15-40-16-14-34)23-17-27(32-20-23)22-18-28(37-2)30(39-4)29(19-22)38-3/h5-12,17-20,31-33H,13-16H2,1-4H3. The van der Waals surface area contributed by atoms with Gasteiger partial charge in [0.15, 0.2) is 16.9 Å². The number of morpholine rings is 1. The Morgan fingerprint density at radius 2 is 1.51 bits per heavy atom. The smallest absolute Gasteiger partial charge is 0.203 e. The van der Waals surface area contributed by atoms with Crippen LogP contribution in [0, 0.1) is 6.92 Å². The fraction of sp³-hybridized carbons (Fsp3) is 0.290. The van der Waals surface area contributed by atoms with Crippen LogP contribution in [-0.4, -0.2) is 61.0 Å². The normalized spacial score (nSPS) is 14.4. The first kappa shape index (κ1) is 28.4. The van der Waals surface area contributed by atoms with E-state index in [1.807, 2.05) is 49.4 Å². The van der Waals surface area contributed by atoms with Crippen LogP contribution >= 0.6 is 0 Å². The summed E-state index contributed by atoms with van der Waals surface area (Å²) in [4.78, 5) is 5.73. The lowest BCUT2D eigenvalue weighted by molar-refractivity contribution is 0.122. The average Bonchev–Trinajstić information content (AvgIpc) is 3.50. The lowest BCUT2D eigenvalue weighted by atomic mass is 10.1. The van der Waals surface area contributed by atoms with Crippen LogP contribution in [0.2, 0.25) is 0 Å². The molecule has 4 aromatic rings. The molecule has 3 aromatic carbocycles. The minimum atomic E-state index is -3.83. The second-order valence-corrected chi connectivity index (χ2v) is 11.8. The molecule has 0 aliphatic carbocycles. The first-order valence-corrected chi connectivity index (χ1v) is 14.9. The summed E-state index contributed by atoms with van der Waals surface area (Å²) in [5.74, 6) is 1.48. The summed E-state index contributed by atoms with van der Waals surface area (Å²) in [6.07, 6.45) is 1.71. The van der Waals surface area contributed by atoms with Crippen LogP contribution in [-0.2, 0) is 14.6 Å². The van der Waals surface area contributed by atoms with Gasteiger partial charge in [-0.2, -0.15) is 0 Å². The van der Waals surface area contributed by atoms with Crippen LogP contribution in [0.4, 0.5) is 11.4 Å². The first-order chi connectivity index (χ1) is 19.8. The second kappa shape index (κ2) is 12.2. The highest BCUT2D eigenvalue weighted by Gasteiger charge is 2.30. The molecule has 0 radical (unpaired) electrons. The zero-order valence-electron chi connectivity index (χ0n) is 23.6. The number of rotatable bonds is 10. The molecule has 1 fully saturated rings. The lowest BCUT2D eigenvalue weighted by Crippen LogP contribution is -2.36. The third-order valence-corrected chi connectivity index (χ3v) is 9.12. The maximum atomic E-state index is 14.0. The summed E-state index contributed by atoms with van der Waals surface area (Å²) >= 11 is 0. The largest absolute Gasteiger partial charge is 0.493 e. The van der Waals surface area contributed by atoms with Gasteiger partial charge < -0.3 is 34.1 Å². The van der Waals surface area contributed by atoms with Crippen LogP contribution in [0.3, 0.4) is 0 Å². The number of ether oxygens (including phenoxy) is 4. The van der Waals surface area contributed by atoms with Crippen molar-refractivity contribution in [2.45, 2.75) is 17.2 Å². The minimum absolute atomic E-state index is 0.237. The summed E-state index contributed by atoms with van der Waals surface area (Å²) in [6.45, 7) is 4.96. The number of nitrogens with one attached hydrogen (secondary N) is 2. The van der Waals surface area contributed by atoms with Crippen molar-refractivity contribution < 1.29 is 27.4 Å². The second-order valence-electron chi connectivity index (χ2n) is 9.79. The molecule has 0 amide bonds. The molecule has 41 heavy (non-hydrogen) atoms. The molecule has 5 rings (SSSR count). The van der Waals surface area contributed by atoms with Crippen molar-refractivity contribution in [1.29, 1.82) is 0 Å². The number of H-pyrrole nitrogens is 1. The highest BCUT2D eigenvalue weighted by atomic mass is 32.2. The van der Waals surface area contributed by atoms with Crippen molar-refractivity contribution in [3.8, 4) is 28.5 Å². The van der Waals surface area contributed by atoms with Crippen LogP contribution < -0.4 is 24.4 Å². The average molecular weight is 578 g/mol. The van der Waals surface area contributed by atoms with E-state index in [-0.39, 0.29) is 4.90 Å². The van der Waals surface area contributed by atoms with E-state index in [1.165, 1.54) is 0 Å². The van der Waals surface area contributed by atoms with E-state index in [4.69, 9.17) is 18.9 Å².